The molecule has 1 heterocycles. The van der Waals surface area contributed by atoms with E-state index in [0.717, 1.165) is 12.1 Å². The minimum atomic E-state index is -0.983. The van der Waals surface area contributed by atoms with Gasteiger partial charge in [-0.3, -0.25) is 0 Å². The Balaban J connectivity index is 1.60. The fourth-order valence-corrected chi connectivity index (χ4v) is 2.01. The second-order valence-corrected chi connectivity index (χ2v) is 4.97. The molecule has 25 heavy (non-hydrogen) atoms. The van der Waals surface area contributed by atoms with Crippen molar-refractivity contribution in [3.05, 3.63) is 60.0 Å². The van der Waals surface area contributed by atoms with Gasteiger partial charge in [0.05, 0.1) is 6.61 Å². The van der Waals surface area contributed by atoms with E-state index in [1.165, 1.54) is 6.07 Å². The molecule has 2 aromatic carbocycles. The highest BCUT2D eigenvalue weighted by Crippen LogP contribution is 2.21. The third-order valence-corrected chi connectivity index (χ3v) is 3.19. The van der Waals surface area contributed by atoms with Crippen LogP contribution in [-0.2, 0) is 6.61 Å². The molecule has 0 saturated carbocycles. The number of halogens is 2. The molecule has 0 bridgehead atoms. The summed E-state index contributed by atoms with van der Waals surface area (Å²) in [7, 11) is 0. The Hall–Kier alpha value is -3.00. The van der Waals surface area contributed by atoms with Gasteiger partial charge in [-0.1, -0.05) is 5.16 Å². The SMILES string of the molecule is OCCOc1ccc(OCc2nc(-c3ccc(F)c(F)c3)no2)cc1. The van der Waals surface area contributed by atoms with Crippen molar-refractivity contribution in [2.24, 2.45) is 0 Å². The molecule has 3 rings (SSSR count). The van der Waals surface area contributed by atoms with Gasteiger partial charge >= 0.3 is 0 Å². The zero-order valence-electron chi connectivity index (χ0n) is 13.0. The number of hydrogen-bond donors (Lipinski definition) is 1. The van der Waals surface area contributed by atoms with E-state index >= 15 is 0 Å². The number of hydrogen-bond acceptors (Lipinski definition) is 6. The molecule has 130 valence electrons. The second kappa shape index (κ2) is 7.71. The molecule has 0 aliphatic heterocycles. The van der Waals surface area contributed by atoms with Crippen LogP contribution in [0.15, 0.2) is 47.0 Å². The second-order valence-electron chi connectivity index (χ2n) is 4.97. The number of rotatable bonds is 7. The Morgan fingerprint density at radius 1 is 0.960 bits per heavy atom. The summed E-state index contributed by atoms with van der Waals surface area (Å²) in [5.74, 6) is -0.417. The van der Waals surface area contributed by atoms with E-state index in [1.807, 2.05) is 0 Å². The summed E-state index contributed by atoms with van der Waals surface area (Å²) in [4.78, 5) is 4.08. The Kier molecular flexibility index (Phi) is 5.20. The summed E-state index contributed by atoms with van der Waals surface area (Å²) in [6.45, 7) is 0.179. The summed E-state index contributed by atoms with van der Waals surface area (Å²) in [5, 5.41) is 12.4. The lowest BCUT2D eigenvalue weighted by atomic mass is 10.2. The summed E-state index contributed by atoms with van der Waals surface area (Å²) < 4.78 is 42.0. The lowest BCUT2D eigenvalue weighted by Gasteiger charge is -2.06. The van der Waals surface area contributed by atoms with Crippen LogP contribution in [0.2, 0.25) is 0 Å². The maximum Gasteiger partial charge on any atom is 0.264 e. The highest BCUT2D eigenvalue weighted by Gasteiger charge is 2.12. The molecule has 3 aromatic rings. The van der Waals surface area contributed by atoms with Gasteiger partial charge in [0.1, 0.15) is 18.1 Å². The van der Waals surface area contributed by atoms with Crippen LogP contribution >= 0.6 is 0 Å². The van der Waals surface area contributed by atoms with Crippen LogP contribution in [0.5, 0.6) is 11.5 Å². The van der Waals surface area contributed by atoms with E-state index in [2.05, 4.69) is 10.1 Å². The summed E-state index contributed by atoms with van der Waals surface area (Å²) in [6, 6.07) is 10.1. The molecule has 0 unspecified atom stereocenters. The van der Waals surface area contributed by atoms with Crippen molar-refractivity contribution in [2.45, 2.75) is 6.61 Å². The van der Waals surface area contributed by atoms with Gasteiger partial charge in [-0.05, 0) is 42.5 Å². The van der Waals surface area contributed by atoms with Crippen molar-refractivity contribution in [1.82, 2.24) is 10.1 Å². The first-order valence-corrected chi connectivity index (χ1v) is 7.40. The van der Waals surface area contributed by atoms with Crippen LogP contribution in [0.1, 0.15) is 5.89 Å². The van der Waals surface area contributed by atoms with Gasteiger partial charge in [0, 0.05) is 5.56 Å². The first-order valence-electron chi connectivity index (χ1n) is 7.40. The molecular weight excluding hydrogens is 334 g/mol. The Morgan fingerprint density at radius 2 is 1.68 bits per heavy atom. The van der Waals surface area contributed by atoms with Crippen molar-refractivity contribution in [3.63, 3.8) is 0 Å². The minimum Gasteiger partial charge on any atom is -0.491 e. The van der Waals surface area contributed by atoms with E-state index in [1.54, 1.807) is 24.3 Å². The zero-order valence-corrected chi connectivity index (χ0v) is 13.0. The first kappa shape index (κ1) is 16.8. The smallest absolute Gasteiger partial charge is 0.264 e. The molecule has 0 aliphatic carbocycles. The van der Waals surface area contributed by atoms with Gasteiger partial charge in [-0.15, -0.1) is 0 Å². The Morgan fingerprint density at radius 3 is 2.36 bits per heavy atom. The third-order valence-electron chi connectivity index (χ3n) is 3.19. The summed E-state index contributed by atoms with van der Waals surface area (Å²) in [5.41, 5.74) is 0.305. The van der Waals surface area contributed by atoms with Crippen molar-refractivity contribution in [1.29, 1.82) is 0 Å². The number of nitrogens with zero attached hydrogens (tertiary/aromatic N) is 2. The highest BCUT2D eigenvalue weighted by atomic mass is 19.2. The van der Waals surface area contributed by atoms with Gasteiger partial charge in [-0.2, -0.15) is 4.98 Å². The van der Waals surface area contributed by atoms with Crippen LogP contribution in [0.25, 0.3) is 11.4 Å². The first-order chi connectivity index (χ1) is 12.2. The molecule has 0 amide bonds. The van der Waals surface area contributed by atoms with Crippen molar-refractivity contribution in [2.75, 3.05) is 13.2 Å². The number of aliphatic hydroxyl groups is 1. The number of benzene rings is 2. The fourth-order valence-electron chi connectivity index (χ4n) is 2.01. The predicted octanol–water partition coefficient (Wildman–Crippen LogP) is 2.96. The quantitative estimate of drug-likeness (QED) is 0.707. The third kappa shape index (κ3) is 4.30. The van der Waals surface area contributed by atoms with E-state index in [4.69, 9.17) is 19.1 Å². The average molecular weight is 348 g/mol. The number of aromatic nitrogens is 2. The lowest BCUT2D eigenvalue weighted by Crippen LogP contribution is -2.01. The molecule has 0 aliphatic rings. The topological polar surface area (TPSA) is 77.6 Å². The van der Waals surface area contributed by atoms with E-state index < -0.39 is 11.6 Å². The van der Waals surface area contributed by atoms with E-state index in [0.29, 0.717) is 17.1 Å². The molecule has 0 saturated heterocycles. The molecule has 1 N–H and O–H groups in total. The maximum absolute atomic E-state index is 13.2. The van der Waals surface area contributed by atoms with Crippen molar-refractivity contribution < 1.29 is 27.9 Å². The number of ether oxygens (including phenoxy) is 2. The van der Waals surface area contributed by atoms with Gasteiger partial charge in [0.2, 0.25) is 5.82 Å². The monoisotopic (exact) mass is 348 g/mol. The van der Waals surface area contributed by atoms with Gasteiger partial charge < -0.3 is 19.1 Å². The largest absolute Gasteiger partial charge is 0.491 e. The van der Waals surface area contributed by atoms with Crippen LogP contribution < -0.4 is 9.47 Å². The van der Waals surface area contributed by atoms with Crippen LogP contribution in [-0.4, -0.2) is 28.5 Å². The molecule has 0 spiro atoms. The normalized spacial score (nSPS) is 10.7. The molecule has 0 radical (unpaired) electrons. The van der Waals surface area contributed by atoms with E-state index in [9.17, 15) is 8.78 Å². The molecule has 0 atom stereocenters. The zero-order chi connectivity index (χ0) is 17.6. The molecule has 8 heteroatoms. The average Bonchev–Trinajstić information content (AvgIpc) is 3.10. The van der Waals surface area contributed by atoms with Gasteiger partial charge in [0.25, 0.3) is 5.89 Å². The van der Waals surface area contributed by atoms with Crippen molar-refractivity contribution in [3.8, 4) is 22.9 Å². The minimum absolute atomic E-state index is 0.0213. The molecular formula is C17H14F2N2O4. The Labute approximate surface area is 141 Å². The summed E-state index contributed by atoms with van der Waals surface area (Å²) in [6.07, 6.45) is 0. The van der Waals surface area contributed by atoms with E-state index in [-0.39, 0.29) is 31.5 Å². The van der Waals surface area contributed by atoms with Crippen LogP contribution in [0.4, 0.5) is 8.78 Å². The van der Waals surface area contributed by atoms with Crippen LogP contribution in [0, 0.1) is 11.6 Å². The summed E-state index contributed by atoms with van der Waals surface area (Å²) >= 11 is 0. The maximum atomic E-state index is 13.2. The number of aliphatic hydroxyl groups excluding tert-OH is 1. The Bertz CT molecular complexity index is 837. The highest BCUT2D eigenvalue weighted by molar-refractivity contribution is 5.54. The lowest BCUT2D eigenvalue weighted by molar-refractivity contribution is 0.201. The molecule has 0 fully saturated rings. The molecule has 1 aromatic heterocycles. The van der Waals surface area contributed by atoms with Crippen LogP contribution in [0.3, 0.4) is 0 Å². The standard InChI is InChI=1S/C17H14F2N2O4/c18-14-6-1-11(9-15(14)19)17-20-16(25-21-17)10-24-13-4-2-12(3-5-13)23-8-7-22/h1-6,9,22H,7-8,10H2. The van der Waals surface area contributed by atoms with Crippen molar-refractivity contribution >= 4 is 0 Å². The predicted molar refractivity (Wildman–Crippen MR) is 83.0 cm³/mol. The van der Waals surface area contributed by atoms with Gasteiger partial charge in [0.15, 0.2) is 18.2 Å². The fraction of sp³-hybridized carbons (Fsp3) is 0.176. The van der Waals surface area contributed by atoms with Gasteiger partial charge in [-0.25, -0.2) is 8.78 Å². The molecule has 6 nitrogen and oxygen atoms in total.